The molecule has 1 aromatic carbocycles. The first kappa shape index (κ1) is 19.4. The van der Waals surface area contributed by atoms with Crippen molar-refractivity contribution in [1.29, 1.82) is 0 Å². The zero-order chi connectivity index (χ0) is 19.6. The molecule has 0 aliphatic carbocycles. The van der Waals surface area contributed by atoms with E-state index in [-0.39, 0.29) is 0 Å². The molecule has 0 saturated carbocycles. The van der Waals surface area contributed by atoms with E-state index in [1.807, 2.05) is 18.2 Å². The van der Waals surface area contributed by atoms with Crippen LogP contribution in [0.5, 0.6) is 0 Å². The molecule has 2 saturated heterocycles. The van der Waals surface area contributed by atoms with Crippen LogP contribution in [0.15, 0.2) is 36.4 Å². The quantitative estimate of drug-likeness (QED) is 0.855. The molecular weight excluding hydrogens is 348 g/mol. The molecule has 5 heteroatoms. The molecule has 2 aromatic rings. The van der Waals surface area contributed by atoms with Crippen LogP contribution < -0.4 is 10.2 Å². The first-order chi connectivity index (χ1) is 13.5. The monoisotopic (exact) mass is 379 g/mol. The van der Waals surface area contributed by atoms with Crippen LogP contribution in [-0.4, -0.2) is 60.3 Å². The lowest BCUT2D eigenvalue weighted by molar-refractivity contribution is 0.0740. The normalized spacial score (nSPS) is 19.8. The van der Waals surface area contributed by atoms with Gasteiger partial charge >= 0.3 is 0 Å². The van der Waals surface area contributed by atoms with Gasteiger partial charge in [0.15, 0.2) is 0 Å². The van der Waals surface area contributed by atoms with Gasteiger partial charge in [-0.2, -0.15) is 0 Å². The number of hydrogen-bond donors (Lipinski definition) is 2. The molecule has 149 valence electrons. The van der Waals surface area contributed by atoms with Crippen molar-refractivity contribution in [2.75, 3.05) is 44.2 Å². The zero-order valence-electron chi connectivity index (χ0n) is 17.0. The molecule has 2 N–H and O–H groups in total. The van der Waals surface area contributed by atoms with Gasteiger partial charge in [-0.1, -0.05) is 12.1 Å². The maximum Gasteiger partial charge on any atom is 0.101 e. The van der Waals surface area contributed by atoms with Crippen LogP contribution in [0.2, 0.25) is 0 Å². The van der Waals surface area contributed by atoms with E-state index in [2.05, 4.69) is 44.4 Å². The highest BCUT2D eigenvalue weighted by Gasteiger charge is 2.25. The average molecular weight is 380 g/mol. The van der Waals surface area contributed by atoms with Gasteiger partial charge in [0.1, 0.15) is 5.60 Å². The summed E-state index contributed by atoms with van der Waals surface area (Å²) in [6.07, 6.45) is 2.55. The van der Waals surface area contributed by atoms with Crippen LogP contribution in [0.25, 0.3) is 11.3 Å². The molecular formula is C23H31N4O. The predicted molar refractivity (Wildman–Crippen MR) is 113 cm³/mol. The van der Waals surface area contributed by atoms with Crippen LogP contribution >= 0.6 is 0 Å². The summed E-state index contributed by atoms with van der Waals surface area (Å²) in [5.74, 6) is 0. The molecule has 0 amide bonds. The van der Waals surface area contributed by atoms with E-state index >= 15 is 0 Å². The molecule has 0 unspecified atom stereocenters. The molecule has 3 heterocycles. The van der Waals surface area contributed by atoms with Crippen molar-refractivity contribution in [3.8, 4) is 11.3 Å². The largest absolute Gasteiger partial charge is 0.384 e. The minimum absolute atomic E-state index is 0.677. The maximum atomic E-state index is 10.2. The molecule has 5 nitrogen and oxygen atoms in total. The van der Waals surface area contributed by atoms with Crippen molar-refractivity contribution in [3.63, 3.8) is 0 Å². The SMILES string of the molecule is CC(C)(O)c1cccc(-c2[c]cc(N3CCN(C4CCNCC4)CC3)cc2)n1. The molecule has 1 radical (unpaired) electrons. The van der Waals surface area contributed by atoms with Crippen molar-refractivity contribution in [2.24, 2.45) is 0 Å². The average Bonchev–Trinajstić information content (AvgIpc) is 2.74. The molecule has 4 rings (SSSR count). The molecule has 2 aliphatic heterocycles. The van der Waals surface area contributed by atoms with Gasteiger partial charge in [-0.05, 0) is 70.1 Å². The Morgan fingerprint density at radius 1 is 1.07 bits per heavy atom. The summed E-state index contributed by atoms with van der Waals surface area (Å²) in [6.45, 7) is 10.3. The number of piperidine rings is 1. The van der Waals surface area contributed by atoms with Crippen LogP contribution in [0.3, 0.4) is 0 Å². The number of anilines is 1. The second kappa shape index (κ2) is 8.19. The Hall–Kier alpha value is -1.95. The molecule has 0 spiro atoms. The number of aromatic nitrogens is 1. The molecule has 0 bridgehead atoms. The third-order valence-electron chi connectivity index (χ3n) is 5.95. The van der Waals surface area contributed by atoms with E-state index in [0.29, 0.717) is 5.69 Å². The van der Waals surface area contributed by atoms with Crippen molar-refractivity contribution in [1.82, 2.24) is 15.2 Å². The first-order valence-corrected chi connectivity index (χ1v) is 10.4. The summed E-state index contributed by atoms with van der Waals surface area (Å²) in [5, 5.41) is 13.7. The molecule has 1 aromatic heterocycles. The Balaban J connectivity index is 1.40. The standard InChI is InChI=1S/C23H31N4O/c1-23(2,28)22-5-3-4-21(25-22)18-6-8-19(9-7-18)26-14-16-27(17-15-26)20-10-12-24-13-11-20/h3-6,8-9,20,24,28H,10-17H2,1-2H3. The van der Waals surface area contributed by atoms with Crippen molar-refractivity contribution >= 4 is 5.69 Å². The number of benzene rings is 1. The number of nitrogens with one attached hydrogen (secondary N) is 1. The Bertz CT molecular complexity index is 770. The van der Waals surface area contributed by atoms with Gasteiger partial charge in [0.25, 0.3) is 0 Å². The minimum atomic E-state index is -0.940. The molecule has 2 aliphatic rings. The zero-order valence-corrected chi connectivity index (χ0v) is 17.0. The fourth-order valence-electron chi connectivity index (χ4n) is 4.22. The molecule has 0 atom stereocenters. The van der Waals surface area contributed by atoms with Gasteiger partial charge in [-0.3, -0.25) is 4.90 Å². The van der Waals surface area contributed by atoms with E-state index in [0.717, 1.165) is 56.6 Å². The summed E-state index contributed by atoms with van der Waals surface area (Å²) in [4.78, 5) is 9.74. The van der Waals surface area contributed by atoms with E-state index in [1.165, 1.54) is 18.5 Å². The number of pyridine rings is 1. The highest BCUT2D eigenvalue weighted by Crippen LogP contribution is 2.25. The van der Waals surface area contributed by atoms with Crippen LogP contribution in [0, 0.1) is 6.07 Å². The molecule has 2 fully saturated rings. The lowest BCUT2D eigenvalue weighted by atomic mass is 10.0. The first-order valence-electron chi connectivity index (χ1n) is 10.4. The number of hydrogen-bond acceptors (Lipinski definition) is 5. The van der Waals surface area contributed by atoms with Crippen molar-refractivity contribution < 1.29 is 5.11 Å². The van der Waals surface area contributed by atoms with E-state index in [9.17, 15) is 5.11 Å². The summed E-state index contributed by atoms with van der Waals surface area (Å²) < 4.78 is 0. The van der Waals surface area contributed by atoms with Crippen LogP contribution in [0.1, 0.15) is 32.4 Å². The third kappa shape index (κ3) is 4.37. The summed E-state index contributed by atoms with van der Waals surface area (Å²) in [7, 11) is 0. The van der Waals surface area contributed by atoms with E-state index in [1.54, 1.807) is 13.8 Å². The van der Waals surface area contributed by atoms with Crippen LogP contribution in [-0.2, 0) is 5.60 Å². The lowest BCUT2D eigenvalue weighted by Gasteiger charge is -2.41. The fourth-order valence-corrected chi connectivity index (χ4v) is 4.22. The number of rotatable bonds is 4. The van der Waals surface area contributed by atoms with Gasteiger partial charge in [0, 0.05) is 43.5 Å². The van der Waals surface area contributed by atoms with Gasteiger partial charge in [-0.15, -0.1) is 0 Å². The number of nitrogens with zero attached hydrogens (tertiary/aromatic N) is 3. The van der Waals surface area contributed by atoms with E-state index in [4.69, 9.17) is 0 Å². The van der Waals surface area contributed by atoms with Crippen molar-refractivity contribution in [3.05, 3.63) is 48.2 Å². The number of piperazine rings is 1. The topological polar surface area (TPSA) is 51.6 Å². The van der Waals surface area contributed by atoms with Crippen molar-refractivity contribution in [2.45, 2.75) is 38.3 Å². The summed E-state index contributed by atoms with van der Waals surface area (Å²) >= 11 is 0. The Morgan fingerprint density at radius 3 is 2.46 bits per heavy atom. The lowest BCUT2D eigenvalue weighted by Crippen LogP contribution is -2.52. The molecule has 28 heavy (non-hydrogen) atoms. The van der Waals surface area contributed by atoms with E-state index < -0.39 is 5.60 Å². The maximum absolute atomic E-state index is 10.2. The van der Waals surface area contributed by atoms with Gasteiger partial charge in [0.05, 0.1) is 11.4 Å². The Kier molecular flexibility index (Phi) is 5.67. The minimum Gasteiger partial charge on any atom is -0.384 e. The van der Waals surface area contributed by atoms with Crippen LogP contribution in [0.4, 0.5) is 5.69 Å². The second-order valence-corrected chi connectivity index (χ2v) is 8.43. The predicted octanol–water partition coefficient (Wildman–Crippen LogP) is 2.65. The number of aliphatic hydroxyl groups is 1. The fraction of sp³-hybridized carbons (Fsp3) is 0.522. The Morgan fingerprint density at radius 2 is 1.82 bits per heavy atom. The highest BCUT2D eigenvalue weighted by molar-refractivity contribution is 5.62. The van der Waals surface area contributed by atoms with Gasteiger partial charge in [-0.25, -0.2) is 4.98 Å². The second-order valence-electron chi connectivity index (χ2n) is 8.43. The van der Waals surface area contributed by atoms with Gasteiger partial charge < -0.3 is 15.3 Å². The van der Waals surface area contributed by atoms with Gasteiger partial charge in [0.2, 0.25) is 0 Å². The summed E-state index contributed by atoms with van der Waals surface area (Å²) in [6, 6.07) is 16.3. The smallest absolute Gasteiger partial charge is 0.101 e. The highest BCUT2D eigenvalue weighted by atomic mass is 16.3. The summed E-state index contributed by atoms with van der Waals surface area (Å²) in [5.41, 5.74) is 2.78. The third-order valence-corrected chi connectivity index (χ3v) is 5.95. The Labute approximate surface area is 168 Å².